The third-order valence-electron chi connectivity index (χ3n) is 1.75. The van der Waals surface area contributed by atoms with E-state index in [1.54, 1.807) is 20.8 Å². The van der Waals surface area contributed by atoms with Gasteiger partial charge in [0.2, 0.25) is 0 Å². The fourth-order valence-corrected chi connectivity index (χ4v) is 1.97. The molecule has 1 amide bonds. The molecule has 0 atom stereocenters. The number of nitrogens with zero attached hydrogens (tertiary/aromatic N) is 3. The van der Waals surface area contributed by atoms with Crippen molar-refractivity contribution in [2.24, 2.45) is 0 Å². The minimum atomic E-state index is -0.561. The molecule has 2 heterocycles. The summed E-state index contributed by atoms with van der Waals surface area (Å²) in [5.74, 6) is 0. The van der Waals surface area contributed by atoms with Crippen LogP contribution in [0.3, 0.4) is 0 Å². The number of nitrogens with one attached hydrogen (secondary N) is 1. The Hall–Kier alpha value is -1.70. The Balaban J connectivity index is 2.15. The molecular weight excluding hydrogens is 251 g/mol. The standard InChI is InChI=1S/C10H11BN4O2S/c1-10(2,3)17-9(16)15-8-14-6-7(18-8)13-5(11)4-12-6/h4H,1-3H3,(H,12,14,15,16). The average molecular weight is 262 g/mol. The number of carbonyl (C=O) groups is 1. The highest BCUT2D eigenvalue weighted by Gasteiger charge is 2.17. The van der Waals surface area contributed by atoms with Crippen molar-refractivity contribution in [2.45, 2.75) is 26.4 Å². The number of rotatable bonds is 1. The summed E-state index contributed by atoms with van der Waals surface area (Å²) in [5.41, 5.74) is 0.206. The van der Waals surface area contributed by atoms with Crippen LogP contribution in [0.1, 0.15) is 20.8 Å². The number of thiazole rings is 1. The maximum Gasteiger partial charge on any atom is 0.413 e. The predicted octanol–water partition coefficient (Wildman–Crippen LogP) is 1.23. The third-order valence-corrected chi connectivity index (χ3v) is 2.60. The van der Waals surface area contributed by atoms with Gasteiger partial charge >= 0.3 is 6.09 Å². The molecular formula is C10H11BN4O2S. The molecule has 2 radical (unpaired) electrons. The number of aromatic nitrogens is 3. The predicted molar refractivity (Wildman–Crippen MR) is 70.5 cm³/mol. The number of amides is 1. The van der Waals surface area contributed by atoms with Crippen LogP contribution in [-0.2, 0) is 4.74 Å². The highest BCUT2D eigenvalue weighted by Crippen LogP contribution is 2.22. The molecule has 0 aliphatic rings. The summed E-state index contributed by atoms with van der Waals surface area (Å²) >= 11 is 1.19. The van der Waals surface area contributed by atoms with Gasteiger partial charge in [-0.05, 0) is 20.8 Å². The molecule has 2 rings (SSSR count). The van der Waals surface area contributed by atoms with E-state index in [2.05, 4.69) is 20.3 Å². The van der Waals surface area contributed by atoms with Crippen molar-refractivity contribution in [2.75, 3.05) is 5.32 Å². The van der Waals surface area contributed by atoms with Crippen molar-refractivity contribution in [1.82, 2.24) is 15.0 Å². The van der Waals surface area contributed by atoms with Crippen LogP contribution in [0.15, 0.2) is 6.20 Å². The molecule has 2 aromatic rings. The lowest BCUT2D eigenvalue weighted by Gasteiger charge is -2.18. The van der Waals surface area contributed by atoms with E-state index in [0.717, 1.165) is 0 Å². The number of carbonyl (C=O) groups excluding carboxylic acids is 1. The number of fused-ring (bicyclic) bond motifs is 1. The van der Waals surface area contributed by atoms with Crippen molar-refractivity contribution in [3.8, 4) is 0 Å². The number of hydrogen-bond acceptors (Lipinski definition) is 6. The van der Waals surface area contributed by atoms with E-state index in [1.807, 2.05) is 0 Å². The summed E-state index contributed by atoms with van der Waals surface area (Å²) in [4.78, 5) is 24.3. The molecule has 0 spiro atoms. The van der Waals surface area contributed by atoms with Crippen LogP contribution in [0.5, 0.6) is 0 Å². The van der Waals surface area contributed by atoms with Gasteiger partial charge < -0.3 is 4.74 Å². The van der Waals surface area contributed by atoms with Gasteiger partial charge in [-0.25, -0.2) is 14.8 Å². The first-order valence-corrected chi connectivity index (χ1v) is 6.04. The molecule has 8 heteroatoms. The molecule has 2 aromatic heterocycles. The van der Waals surface area contributed by atoms with Gasteiger partial charge in [-0.15, -0.1) is 0 Å². The molecule has 0 bridgehead atoms. The quantitative estimate of drug-likeness (QED) is 0.782. The van der Waals surface area contributed by atoms with E-state index in [0.29, 0.717) is 21.2 Å². The van der Waals surface area contributed by atoms with Gasteiger partial charge in [-0.3, -0.25) is 5.32 Å². The molecule has 92 valence electrons. The minimum Gasteiger partial charge on any atom is -0.444 e. The summed E-state index contributed by atoms with van der Waals surface area (Å²) in [6.45, 7) is 5.36. The maximum absolute atomic E-state index is 11.5. The van der Waals surface area contributed by atoms with E-state index in [4.69, 9.17) is 12.6 Å². The van der Waals surface area contributed by atoms with Crippen LogP contribution in [0.2, 0.25) is 0 Å². The Labute approximate surface area is 109 Å². The van der Waals surface area contributed by atoms with E-state index in [9.17, 15) is 4.79 Å². The third kappa shape index (κ3) is 3.16. The van der Waals surface area contributed by atoms with Crippen molar-refractivity contribution in [3.05, 3.63) is 6.20 Å². The van der Waals surface area contributed by atoms with E-state index in [1.165, 1.54) is 17.5 Å². The van der Waals surface area contributed by atoms with E-state index in [-0.39, 0.29) is 0 Å². The topological polar surface area (TPSA) is 77.0 Å². The second-order valence-electron chi connectivity index (χ2n) is 4.57. The van der Waals surface area contributed by atoms with Gasteiger partial charge in [-0.2, -0.15) is 4.98 Å². The number of ether oxygens (including phenoxy) is 1. The Bertz CT molecular complexity index is 593. The SMILES string of the molecule is [B]c1cnc2nc(NC(=O)OC(C)(C)C)sc2n1. The van der Waals surface area contributed by atoms with E-state index < -0.39 is 11.7 Å². The molecule has 0 unspecified atom stereocenters. The molecule has 0 saturated carbocycles. The zero-order valence-corrected chi connectivity index (χ0v) is 11.0. The highest BCUT2D eigenvalue weighted by atomic mass is 32.1. The largest absolute Gasteiger partial charge is 0.444 e. The lowest BCUT2D eigenvalue weighted by molar-refractivity contribution is 0.0636. The summed E-state index contributed by atoms with van der Waals surface area (Å²) in [6.07, 6.45) is 0.855. The van der Waals surface area contributed by atoms with Crippen LogP contribution in [-0.4, -0.2) is 34.5 Å². The van der Waals surface area contributed by atoms with Crippen LogP contribution in [0, 0.1) is 0 Å². The molecule has 0 fully saturated rings. The normalized spacial score (nSPS) is 11.5. The van der Waals surface area contributed by atoms with Gasteiger partial charge in [0.25, 0.3) is 0 Å². The molecule has 18 heavy (non-hydrogen) atoms. The lowest BCUT2D eigenvalue weighted by Crippen LogP contribution is -2.27. The first-order valence-electron chi connectivity index (χ1n) is 5.22. The monoisotopic (exact) mass is 262 g/mol. The van der Waals surface area contributed by atoms with Crippen LogP contribution in [0.25, 0.3) is 10.5 Å². The first kappa shape index (κ1) is 12.8. The maximum atomic E-state index is 11.5. The molecule has 1 N–H and O–H groups in total. The van der Waals surface area contributed by atoms with Gasteiger partial charge in [0.1, 0.15) is 13.4 Å². The van der Waals surface area contributed by atoms with Crippen molar-refractivity contribution >= 4 is 46.5 Å². The molecule has 0 aromatic carbocycles. The van der Waals surface area contributed by atoms with Crippen molar-refractivity contribution < 1.29 is 9.53 Å². The summed E-state index contributed by atoms with van der Waals surface area (Å²) in [5, 5.41) is 2.91. The fraction of sp³-hybridized carbons (Fsp3) is 0.400. The van der Waals surface area contributed by atoms with Crippen LogP contribution >= 0.6 is 11.3 Å². The Morgan fingerprint density at radius 2 is 2.17 bits per heavy atom. The smallest absolute Gasteiger partial charge is 0.413 e. The number of anilines is 1. The summed E-state index contributed by atoms with van der Waals surface area (Å²) < 4.78 is 5.11. The minimum absolute atomic E-state index is 0.315. The van der Waals surface area contributed by atoms with Gasteiger partial charge in [-0.1, -0.05) is 11.3 Å². The van der Waals surface area contributed by atoms with Crippen LogP contribution < -0.4 is 10.9 Å². The first-order chi connectivity index (χ1) is 8.33. The molecule has 0 aliphatic carbocycles. The summed E-state index contributed by atoms with van der Waals surface area (Å²) in [6, 6.07) is 0. The van der Waals surface area contributed by atoms with Gasteiger partial charge in [0.15, 0.2) is 15.6 Å². The zero-order chi connectivity index (χ0) is 13.3. The van der Waals surface area contributed by atoms with Crippen molar-refractivity contribution in [1.29, 1.82) is 0 Å². The summed E-state index contributed by atoms with van der Waals surface area (Å²) in [7, 11) is 5.51. The Kier molecular flexibility index (Phi) is 3.21. The molecule has 0 aliphatic heterocycles. The highest BCUT2D eigenvalue weighted by molar-refractivity contribution is 7.21. The Morgan fingerprint density at radius 1 is 1.44 bits per heavy atom. The van der Waals surface area contributed by atoms with Crippen LogP contribution in [0.4, 0.5) is 9.93 Å². The second kappa shape index (κ2) is 4.53. The van der Waals surface area contributed by atoms with Gasteiger partial charge in [0, 0.05) is 11.8 Å². The molecule has 6 nitrogen and oxygen atoms in total. The zero-order valence-electron chi connectivity index (χ0n) is 10.2. The van der Waals surface area contributed by atoms with Crippen molar-refractivity contribution in [3.63, 3.8) is 0 Å². The average Bonchev–Trinajstić information content (AvgIpc) is 2.55. The second-order valence-corrected chi connectivity index (χ2v) is 5.55. The molecule has 0 saturated heterocycles. The fourth-order valence-electron chi connectivity index (χ4n) is 1.18. The van der Waals surface area contributed by atoms with Gasteiger partial charge in [0.05, 0.1) is 0 Å². The lowest BCUT2D eigenvalue weighted by atomic mass is 10.1. The number of hydrogen-bond donors (Lipinski definition) is 1. The van der Waals surface area contributed by atoms with E-state index >= 15 is 0 Å². The Morgan fingerprint density at radius 3 is 2.83 bits per heavy atom.